The van der Waals surface area contributed by atoms with Crippen molar-refractivity contribution in [3.05, 3.63) is 36.4 Å². The first-order chi connectivity index (χ1) is 16.0. The average molecular weight is 551 g/mol. The quantitative estimate of drug-likeness (QED) is 0.107. The van der Waals surface area contributed by atoms with Crippen molar-refractivity contribution in [1.29, 1.82) is 0 Å². The van der Waals surface area contributed by atoms with Crippen LogP contribution in [0.25, 0.3) is 10.8 Å². The Balaban J connectivity index is 2.37. The molecule has 0 saturated heterocycles. The van der Waals surface area contributed by atoms with Gasteiger partial charge in [0.05, 0.1) is 16.0 Å². The molecule has 7 N–H and O–H groups in total. The molecule has 0 aromatic heterocycles. The van der Waals surface area contributed by atoms with Crippen LogP contribution in [0.1, 0.15) is 0 Å². The summed E-state index contributed by atoms with van der Waals surface area (Å²) in [6.07, 6.45) is 0. The van der Waals surface area contributed by atoms with Crippen molar-refractivity contribution in [2.75, 3.05) is 17.8 Å². The van der Waals surface area contributed by atoms with E-state index in [2.05, 4.69) is 15.5 Å². The Labute approximate surface area is 197 Å². The van der Waals surface area contributed by atoms with Gasteiger partial charge in [-0.15, -0.1) is 10.2 Å². The van der Waals surface area contributed by atoms with E-state index in [0.717, 1.165) is 18.2 Å². The van der Waals surface area contributed by atoms with E-state index in [1.807, 2.05) is 0 Å². The zero-order valence-corrected chi connectivity index (χ0v) is 19.4. The summed E-state index contributed by atoms with van der Waals surface area (Å²) in [5, 5.41) is 19.1. The molecule has 3 aromatic rings. The van der Waals surface area contributed by atoms with Crippen LogP contribution in [0.5, 0.6) is 5.75 Å². The first kappa shape index (κ1) is 26.2. The first-order valence-electron chi connectivity index (χ1n) is 8.91. The van der Waals surface area contributed by atoms with Gasteiger partial charge in [-0.3, -0.25) is 13.7 Å². The lowest BCUT2D eigenvalue weighted by molar-refractivity contribution is 0.471. The van der Waals surface area contributed by atoms with E-state index in [9.17, 15) is 48.4 Å². The van der Waals surface area contributed by atoms with Crippen LogP contribution in [0.3, 0.4) is 0 Å². The van der Waals surface area contributed by atoms with E-state index in [-0.39, 0.29) is 16.5 Å². The van der Waals surface area contributed by atoms with Gasteiger partial charge < -0.3 is 16.2 Å². The van der Waals surface area contributed by atoms with E-state index in [0.29, 0.717) is 12.1 Å². The fourth-order valence-corrected chi connectivity index (χ4v) is 4.86. The normalized spacial score (nSPS) is 12.9. The number of phenolic OH excluding ortho intramolecular Hbond substituents is 1. The predicted octanol–water partition coefficient (Wildman–Crippen LogP) is 2.62. The Morgan fingerprint density at radius 2 is 1.49 bits per heavy atom. The maximum absolute atomic E-state index is 12.5. The molecule has 0 aliphatic heterocycles. The molecule has 0 atom stereocenters. The summed E-state index contributed by atoms with van der Waals surface area (Å²) < 4.78 is 111. The summed E-state index contributed by atoms with van der Waals surface area (Å²) in [5.74, 6) is -0.852. The Bertz CT molecular complexity index is 1710. The Hall–Kier alpha value is -3.42. The summed E-state index contributed by atoms with van der Waals surface area (Å²) in [6, 6.07) is 5.06. The fourth-order valence-electron chi connectivity index (χ4n) is 3.02. The van der Waals surface area contributed by atoms with Gasteiger partial charge in [-0.25, -0.2) is 4.39 Å². The molecule has 0 fully saturated rings. The summed E-state index contributed by atoms with van der Waals surface area (Å²) in [6.45, 7) is -1.07. The van der Waals surface area contributed by atoms with Crippen LogP contribution in [0.2, 0.25) is 0 Å². The topological polar surface area (TPSA) is 246 Å². The molecule has 0 saturated carbocycles. The fraction of sp³-hybridized carbons (Fsp3) is 0.0588. The van der Waals surface area contributed by atoms with Crippen LogP contribution in [-0.2, 0) is 30.4 Å². The highest BCUT2D eigenvalue weighted by molar-refractivity contribution is 7.86. The number of azo groups is 1. The number of benzene rings is 3. The van der Waals surface area contributed by atoms with Gasteiger partial charge in [0, 0.05) is 11.8 Å². The van der Waals surface area contributed by atoms with Crippen molar-refractivity contribution >= 4 is 63.9 Å². The smallest absolute Gasteiger partial charge is 0.296 e. The highest BCUT2D eigenvalue weighted by atomic mass is 32.2. The van der Waals surface area contributed by atoms with E-state index in [4.69, 9.17) is 5.73 Å². The molecule has 0 bridgehead atoms. The lowest BCUT2D eigenvalue weighted by atomic mass is 10.1. The number of rotatable bonds is 7. The number of fused-ring (bicyclic) bond motifs is 1. The van der Waals surface area contributed by atoms with Gasteiger partial charge >= 0.3 is 0 Å². The van der Waals surface area contributed by atoms with Crippen molar-refractivity contribution in [3.8, 4) is 5.75 Å². The SMILES string of the molecule is Nc1c(S(=O)(=O)O)cc2cc(S(=O)(=O)O)cc(O)c2c1N=Nc1ccc(NCF)cc1S(=O)(=O)O. The van der Waals surface area contributed by atoms with Crippen LogP contribution < -0.4 is 11.1 Å². The third kappa shape index (κ3) is 5.47. The van der Waals surface area contributed by atoms with Gasteiger partial charge in [0.1, 0.15) is 26.9 Å². The Morgan fingerprint density at radius 1 is 0.857 bits per heavy atom. The Kier molecular flexibility index (Phi) is 6.72. The highest BCUT2D eigenvalue weighted by Crippen LogP contribution is 2.44. The average Bonchev–Trinajstić information content (AvgIpc) is 2.71. The van der Waals surface area contributed by atoms with E-state index >= 15 is 0 Å². The second kappa shape index (κ2) is 8.98. The molecule has 0 heterocycles. The number of nitrogen functional groups attached to an aromatic ring is 1. The zero-order valence-electron chi connectivity index (χ0n) is 17.0. The maximum Gasteiger partial charge on any atom is 0.296 e. The molecule has 35 heavy (non-hydrogen) atoms. The number of hydrogen-bond acceptors (Lipinski definition) is 11. The maximum atomic E-state index is 12.5. The monoisotopic (exact) mass is 550 g/mol. The highest BCUT2D eigenvalue weighted by Gasteiger charge is 2.24. The molecule has 14 nitrogen and oxygen atoms in total. The van der Waals surface area contributed by atoms with Crippen LogP contribution in [0, 0.1) is 0 Å². The lowest BCUT2D eigenvalue weighted by Crippen LogP contribution is -2.04. The van der Waals surface area contributed by atoms with Crippen LogP contribution in [-0.4, -0.2) is 50.8 Å². The number of hydrogen-bond donors (Lipinski definition) is 6. The number of halogens is 1. The van der Waals surface area contributed by atoms with E-state index in [1.54, 1.807) is 0 Å². The minimum Gasteiger partial charge on any atom is -0.507 e. The summed E-state index contributed by atoms with van der Waals surface area (Å²) >= 11 is 0. The van der Waals surface area contributed by atoms with Gasteiger partial charge in [-0.2, -0.15) is 25.3 Å². The standard InChI is InChI=1S/C17H15FN4O10S3/c18-7-20-9-1-2-11(13(5-9)34(27,28)29)21-22-17-15-8(4-14(16(17)19)35(30,31)32)3-10(6-12(15)23)33(24,25)26/h1-6,20,23H,7,19H2,(H,24,25,26)(H,27,28,29)(H,30,31,32). The van der Waals surface area contributed by atoms with Gasteiger partial charge in [0.15, 0.2) is 6.80 Å². The Morgan fingerprint density at radius 3 is 2.03 bits per heavy atom. The molecule has 0 amide bonds. The molecule has 3 aromatic carbocycles. The predicted molar refractivity (Wildman–Crippen MR) is 120 cm³/mol. The lowest BCUT2D eigenvalue weighted by Gasteiger charge is -2.12. The molecular formula is C17H15FN4O10S3. The van der Waals surface area contributed by atoms with Crippen molar-refractivity contribution in [2.45, 2.75) is 14.7 Å². The largest absolute Gasteiger partial charge is 0.507 e. The molecule has 0 spiro atoms. The number of aromatic hydroxyl groups is 1. The van der Waals surface area contributed by atoms with E-state index < -0.39 is 74.7 Å². The molecule has 0 unspecified atom stereocenters. The number of nitrogens with zero attached hydrogens (tertiary/aromatic N) is 2. The number of alkyl halides is 1. The van der Waals surface area contributed by atoms with Crippen LogP contribution in [0.4, 0.5) is 27.1 Å². The first-order valence-corrected chi connectivity index (χ1v) is 13.2. The molecule has 18 heteroatoms. The van der Waals surface area contributed by atoms with Crippen molar-refractivity contribution in [1.82, 2.24) is 0 Å². The summed E-state index contributed by atoms with van der Waals surface area (Å²) in [5.41, 5.74) is 3.82. The minimum absolute atomic E-state index is 0.0483. The minimum atomic E-state index is -5.03. The molecule has 3 rings (SSSR count). The number of nitrogens with one attached hydrogen (secondary N) is 1. The summed E-state index contributed by atoms with van der Waals surface area (Å²) in [4.78, 5) is -2.63. The number of anilines is 2. The van der Waals surface area contributed by atoms with E-state index in [1.165, 1.54) is 6.07 Å². The van der Waals surface area contributed by atoms with Crippen molar-refractivity contribution in [2.24, 2.45) is 10.2 Å². The summed E-state index contributed by atoms with van der Waals surface area (Å²) in [7, 11) is -14.8. The second-order valence-electron chi connectivity index (χ2n) is 6.80. The van der Waals surface area contributed by atoms with Crippen LogP contribution >= 0.6 is 0 Å². The van der Waals surface area contributed by atoms with Gasteiger partial charge in [-0.05, 0) is 35.7 Å². The molecule has 0 aliphatic rings. The third-order valence-electron chi connectivity index (χ3n) is 4.51. The van der Waals surface area contributed by atoms with Crippen molar-refractivity contribution < 1.29 is 48.4 Å². The van der Waals surface area contributed by atoms with Crippen molar-refractivity contribution in [3.63, 3.8) is 0 Å². The van der Waals surface area contributed by atoms with Gasteiger partial charge in [0.2, 0.25) is 0 Å². The molecule has 0 aliphatic carbocycles. The molecular weight excluding hydrogens is 535 g/mol. The number of phenols is 1. The third-order valence-corrected chi connectivity index (χ3v) is 7.12. The number of nitrogens with two attached hydrogens (primary N) is 1. The van der Waals surface area contributed by atoms with Gasteiger partial charge in [-0.1, -0.05) is 0 Å². The molecule has 0 radical (unpaired) electrons. The second-order valence-corrected chi connectivity index (χ2v) is 11.0. The van der Waals surface area contributed by atoms with Crippen LogP contribution in [0.15, 0.2) is 61.3 Å². The zero-order chi connectivity index (χ0) is 26.3. The van der Waals surface area contributed by atoms with Gasteiger partial charge in [0.25, 0.3) is 30.4 Å². The molecule has 188 valence electrons.